The highest BCUT2D eigenvalue weighted by atomic mass is 35.5. The molecule has 0 spiro atoms. The Bertz CT molecular complexity index is 1560. The Kier molecular flexibility index (Phi) is 12.5. The molecule has 10 atom stereocenters. The molecule has 10 rings (SSSR count). The van der Waals surface area contributed by atoms with Crippen LogP contribution in [-0.4, -0.2) is 85.1 Å². The zero-order chi connectivity index (χ0) is 37.2. The zero-order valence-corrected chi connectivity index (χ0v) is 35.0. The normalized spacial score (nSPS) is 39.1. The van der Waals surface area contributed by atoms with Gasteiger partial charge in [-0.15, -0.1) is 24.8 Å². The number of nitrogens with zero attached hydrogens (tertiary/aromatic N) is 4. The van der Waals surface area contributed by atoms with E-state index in [4.69, 9.17) is 20.9 Å². The summed E-state index contributed by atoms with van der Waals surface area (Å²) in [5.74, 6) is 6.98. The molecule has 308 valence electrons. The number of likely N-dealkylation sites (tertiary alicyclic amines) is 2. The Morgan fingerprint density at radius 2 is 0.964 bits per heavy atom. The van der Waals surface area contributed by atoms with Gasteiger partial charge in [-0.1, -0.05) is 12.8 Å². The average molecular weight is 812 g/mol. The third-order valence-electron chi connectivity index (χ3n) is 15.9. The van der Waals surface area contributed by atoms with Crippen molar-refractivity contribution in [3.63, 3.8) is 0 Å². The predicted octanol–water partition coefficient (Wildman–Crippen LogP) is 6.44. The van der Waals surface area contributed by atoms with E-state index < -0.39 is 11.8 Å². The molecule has 8 fully saturated rings. The lowest BCUT2D eigenvalue weighted by atomic mass is 9.62. The number of fused-ring (bicyclic) bond motifs is 6. The van der Waals surface area contributed by atoms with Gasteiger partial charge in [0.05, 0.1) is 0 Å². The average Bonchev–Trinajstić information content (AvgIpc) is 4.00. The van der Waals surface area contributed by atoms with E-state index in [1.54, 1.807) is 12.4 Å². The number of hydrogen-bond acceptors (Lipinski definition) is 8. The van der Waals surface area contributed by atoms with Crippen LogP contribution in [0.15, 0.2) is 36.7 Å². The van der Waals surface area contributed by atoms with Gasteiger partial charge < -0.3 is 30.7 Å². The first kappa shape index (κ1) is 41.8. The minimum absolute atomic E-state index is 0. The lowest BCUT2D eigenvalue weighted by Gasteiger charge is -2.55. The first-order valence-electron chi connectivity index (χ1n) is 21.3. The van der Waals surface area contributed by atoms with E-state index >= 15 is 0 Å². The Morgan fingerprint density at radius 1 is 0.625 bits per heavy atom. The molecule has 4 bridgehead atoms. The summed E-state index contributed by atoms with van der Waals surface area (Å²) in [6, 6.07) is 7.80. The second kappa shape index (κ2) is 16.7. The highest BCUT2D eigenvalue weighted by Gasteiger charge is 2.56. The maximum Gasteiger partial charge on any atom is 0.267 e. The van der Waals surface area contributed by atoms with Crippen LogP contribution in [0.2, 0.25) is 0 Å². The Balaban J connectivity index is 0.000000166. The molecule has 4 heterocycles. The van der Waals surface area contributed by atoms with Crippen molar-refractivity contribution in [2.45, 2.75) is 88.3 Å². The molecule has 2 aromatic heterocycles. The Labute approximate surface area is 345 Å². The largest absolute Gasteiger partial charge is 0.373 e. The van der Waals surface area contributed by atoms with Gasteiger partial charge in [-0.25, -0.2) is 0 Å². The number of amides is 2. The van der Waals surface area contributed by atoms with E-state index in [1.807, 2.05) is 38.5 Å². The molecule has 0 radical (unpaired) electrons. The van der Waals surface area contributed by atoms with Gasteiger partial charge in [-0.05, 0) is 135 Å². The van der Waals surface area contributed by atoms with Crippen molar-refractivity contribution in [1.82, 2.24) is 19.8 Å². The summed E-state index contributed by atoms with van der Waals surface area (Å²) in [4.78, 5) is 37.1. The van der Waals surface area contributed by atoms with Gasteiger partial charge >= 0.3 is 0 Å². The standard InChI is InChI=1S/2C22H31N3O2.2ClH/c2*1-27-22(17-5-6-24-20(10-17)21(23)26)18-3-2-4-19(22)13-25(12-18)11-14-7-15-9-16(15)8-14;;/h2*5-6,10,14-16,18-19H,2-4,7-9,11-13H2,1H3,(H2,23,26);2*1H/t2*14?,15-,16+,18?,19?,22?;;. The van der Waals surface area contributed by atoms with Gasteiger partial charge in [0, 0.05) is 89.6 Å². The number of hydrogen-bond donors (Lipinski definition) is 2. The van der Waals surface area contributed by atoms with Crippen LogP contribution in [0.1, 0.15) is 109 Å². The third-order valence-corrected chi connectivity index (χ3v) is 15.9. The first-order valence-corrected chi connectivity index (χ1v) is 21.3. The van der Waals surface area contributed by atoms with Crippen LogP contribution in [-0.2, 0) is 20.7 Å². The molecule has 56 heavy (non-hydrogen) atoms. The van der Waals surface area contributed by atoms with Gasteiger partial charge in [-0.3, -0.25) is 19.6 Å². The van der Waals surface area contributed by atoms with Gasteiger partial charge in [0.15, 0.2) is 0 Å². The SMILES string of the molecule is COC1(c2ccnc(C(N)=O)c2)C2CCCC1CN(CC1C[C@@H]3C[C@@H]3C1)C2.COC1(c2ccnc(C(N)=O)c2)C2CCCC1CN(CC1C[C@@H]3C[C@@H]3C1)C2.Cl.Cl. The van der Waals surface area contributed by atoms with Crippen LogP contribution in [0.5, 0.6) is 0 Å². The number of aromatic nitrogens is 2. The van der Waals surface area contributed by atoms with E-state index in [-0.39, 0.29) is 36.0 Å². The maximum absolute atomic E-state index is 11.7. The molecule has 6 aliphatic carbocycles. The smallest absolute Gasteiger partial charge is 0.267 e. The number of pyridine rings is 2. The number of carbonyl (C=O) groups excluding carboxylic acids is 2. The summed E-state index contributed by atoms with van der Waals surface area (Å²) in [6.07, 6.45) is 19.5. The van der Waals surface area contributed by atoms with Crippen LogP contribution >= 0.6 is 24.8 Å². The molecular formula is C44H64Cl2N6O4. The number of halogens is 2. The number of primary amides is 2. The van der Waals surface area contributed by atoms with E-state index in [1.165, 1.54) is 90.1 Å². The van der Waals surface area contributed by atoms with Crippen LogP contribution in [0.25, 0.3) is 0 Å². The predicted molar refractivity (Wildman–Crippen MR) is 221 cm³/mol. The highest BCUT2D eigenvalue weighted by molar-refractivity contribution is 5.91. The van der Waals surface area contributed by atoms with Crippen molar-refractivity contribution in [1.29, 1.82) is 0 Å². The molecule has 0 aromatic carbocycles. The second-order valence-electron chi connectivity index (χ2n) is 18.9. The molecule has 12 heteroatoms. The van der Waals surface area contributed by atoms with Crippen molar-refractivity contribution in [2.24, 2.45) is 70.6 Å². The van der Waals surface area contributed by atoms with Gasteiger partial charge in [0.1, 0.15) is 22.6 Å². The molecule has 6 saturated carbocycles. The number of rotatable bonds is 10. The zero-order valence-electron chi connectivity index (χ0n) is 33.4. The summed E-state index contributed by atoms with van der Waals surface area (Å²) in [6.45, 7) is 6.94. The quantitative estimate of drug-likeness (QED) is 0.280. The van der Waals surface area contributed by atoms with Crippen molar-refractivity contribution in [2.75, 3.05) is 53.5 Å². The lowest BCUT2D eigenvalue weighted by Crippen LogP contribution is -2.59. The molecule has 2 saturated heterocycles. The van der Waals surface area contributed by atoms with Crippen LogP contribution in [0.4, 0.5) is 0 Å². The van der Waals surface area contributed by atoms with E-state index in [0.717, 1.165) is 72.8 Å². The lowest BCUT2D eigenvalue weighted by molar-refractivity contribution is -0.170. The van der Waals surface area contributed by atoms with Gasteiger partial charge in [0.2, 0.25) is 0 Å². The summed E-state index contributed by atoms with van der Waals surface area (Å²) in [5, 5.41) is 0. The second-order valence-corrected chi connectivity index (χ2v) is 18.9. The van der Waals surface area contributed by atoms with Gasteiger partial charge in [0.25, 0.3) is 11.8 Å². The topological polar surface area (TPSA) is 137 Å². The maximum atomic E-state index is 11.7. The van der Waals surface area contributed by atoms with Crippen LogP contribution < -0.4 is 11.5 Å². The van der Waals surface area contributed by atoms with Crippen molar-refractivity contribution in [3.8, 4) is 0 Å². The van der Waals surface area contributed by atoms with Gasteiger partial charge in [-0.2, -0.15) is 0 Å². The van der Waals surface area contributed by atoms with Crippen molar-refractivity contribution >= 4 is 36.6 Å². The molecule has 4 N–H and O–H groups in total. The number of carbonyl (C=O) groups is 2. The Morgan fingerprint density at radius 3 is 1.27 bits per heavy atom. The fraction of sp³-hybridized carbons (Fsp3) is 0.727. The summed E-state index contributed by atoms with van der Waals surface area (Å²) in [7, 11) is 3.69. The van der Waals surface area contributed by atoms with E-state index in [2.05, 4.69) is 19.8 Å². The number of ether oxygens (including phenoxy) is 2. The molecule has 2 aromatic rings. The van der Waals surface area contributed by atoms with Crippen LogP contribution in [0.3, 0.4) is 0 Å². The van der Waals surface area contributed by atoms with E-state index in [0.29, 0.717) is 35.1 Å². The summed E-state index contributed by atoms with van der Waals surface area (Å²) >= 11 is 0. The van der Waals surface area contributed by atoms with Crippen LogP contribution in [0, 0.1) is 59.2 Å². The first-order chi connectivity index (χ1) is 26.2. The third kappa shape index (κ3) is 7.65. The highest BCUT2D eigenvalue weighted by Crippen LogP contribution is 2.57. The molecule has 2 aliphatic heterocycles. The monoisotopic (exact) mass is 810 g/mol. The van der Waals surface area contributed by atoms with Crippen molar-refractivity contribution < 1.29 is 19.1 Å². The van der Waals surface area contributed by atoms with E-state index in [9.17, 15) is 9.59 Å². The fourth-order valence-electron chi connectivity index (χ4n) is 13.5. The number of methoxy groups -OCH3 is 2. The molecular weight excluding hydrogens is 747 g/mol. The molecule has 6 unspecified atom stereocenters. The molecule has 10 nitrogen and oxygen atoms in total. The minimum Gasteiger partial charge on any atom is -0.373 e. The summed E-state index contributed by atoms with van der Waals surface area (Å²) < 4.78 is 12.6. The Hall–Kier alpha value is -2.34. The summed E-state index contributed by atoms with van der Waals surface area (Å²) in [5.41, 5.74) is 13.2. The minimum atomic E-state index is -0.467. The van der Waals surface area contributed by atoms with Crippen molar-refractivity contribution in [3.05, 3.63) is 59.2 Å². The molecule has 8 aliphatic rings. The molecule has 2 amide bonds. The fourth-order valence-corrected chi connectivity index (χ4v) is 13.5. The number of piperidine rings is 2. The number of nitrogens with two attached hydrogens (primary N) is 2.